The first-order valence-electron chi connectivity index (χ1n) is 10.3. The average molecular weight is 469 g/mol. The molecule has 0 saturated carbocycles. The molecule has 3 rings (SSSR count). The molecule has 0 radical (unpaired) electrons. The van der Waals surface area contributed by atoms with Crippen LogP contribution < -0.4 is 9.47 Å². The Hall–Kier alpha value is -4.05. The quantitative estimate of drug-likeness (QED) is 0.342. The van der Waals surface area contributed by atoms with Gasteiger partial charge in [-0.2, -0.15) is 0 Å². The van der Waals surface area contributed by atoms with Crippen molar-refractivity contribution in [2.75, 3.05) is 6.61 Å². The summed E-state index contributed by atoms with van der Waals surface area (Å²) in [5, 5.41) is 0.489. The second kappa shape index (κ2) is 9.84. The highest BCUT2D eigenvalue weighted by Crippen LogP contribution is 2.30. The van der Waals surface area contributed by atoms with E-state index < -0.39 is 41.9 Å². The van der Waals surface area contributed by atoms with Gasteiger partial charge in [0, 0.05) is 6.92 Å². The van der Waals surface area contributed by atoms with Crippen LogP contribution in [0.25, 0.3) is 0 Å². The van der Waals surface area contributed by atoms with Crippen LogP contribution in [0, 0.1) is 0 Å². The van der Waals surface area contributed by atoms with Crippen LogP contribution in [0.3, 0.4) is 0 Å². The minimum Gasteiger partial charge on any atom is -0.460 e. The summed E-state index contributed by atoms with van der Waals surface area (Å²) in [5.74, 6) is -3.71. The Balaban J connectivity index is 1.66. The van der Waals surface area contributed by atoms with Gasteiger partial charge >= 0.3 is 17.9 Å². The zero-order valence-electron chi connectivity index (χ0n) is 19.1. The third-order valence-electron chi connectivity index (χ3n) is 4.32. The molecule has 178 valence electrons. The number of carbonyl (C=O) groups excluding carboxylic acids is 5. The Labute approximate surface area is 195 Å². The molecule has 0 aliphatic carbocycles. The van der Waals surface area contributed by atoms with Gasteiger partial charge in [0.25, 0.3) is 11.8 Å². The summed E-state index contributed by atoms with van der Waals surface area (Å²) >= 11 is 0. The zero-order chi connectivity index (χ0) is 25.0. The Morgan fingerprint density at radius 1 is 0.853 bits per heavy atom. The lowest BCUT2D eigenvalue weighted by atomic mass is 10.1. The molecule has 10 nitrogen and oxygen atoms in total. The summed E-state index contributed by atoms with van der Waals surface area (Å²) in [6.45, 7) is 5.62. The Bertz CT molecular complexity index is 1130. The van der Waals surface area contributed by atoms with E-state index >= 15 is 0 Å². The minimum atomic E-state index is -0.954. The van der Waals surface area contributed by atoms with Crippen LogP contribution in [0.4, 0.5) is 0 Å². The normalized spacial score (nSPS) is 12.9. The number of imide groups is 1. The average Bonchev–Trinajstić information content (AvgIpc) is 2.97. The Kier molecular flexibility index (Phi) is 7.11. The summed E-state index contributed by atoms with van der Waals surface area (Å²) < 4.78 is 15.6. The van der Waals surface area contributed by atoms with Crippen molar-refractivity contribution in [2.24, 2.45) is 0 Å². The summed E-state index contributed by atoms with van der Waals surface area (Å²) in [4.78, 5) is 65.5. The van der Waals surface area contributed by atoms with E-state index in [-0.39, 0.29) is 29.0 Å². The molecule has 1 aliphatic rings. The van der Waals surface area contributed by atoms with E-state index in [1.54, 1.807) is 32.9 Å². The van der Waals surface area contributed by atoms with Crippen LogP contribution in [0.1, 0.15) is 54.0 Å². The predicted octanol–water partition coefficient (Wildman–Crippen LogP) is 2.63. The molecule has 0 bridgehead atoms. The largest absolute Gasteiger partial charge is 0.460 e. The number of amides is 2. The topological polar surface area (TPSA) is 126 Å². The van der Waals surface area contributed by atoms with Gasteiger partial charge in [-0.15, -0.1) is 5.06 Å². The molecule has 0 atom stereocenters. The maximum Gasteiger partial charge on any atom is 0.340 e. The summed E-state index contributed by atoms with van der Waals surface area (Å²) in [6, 6.07) is 10.4. The molecule has 0 spiro atoms. The van der Waals surface area contributed by atoms with Gasteiger partial charge in [-0.05, 0) is 50.6 Å². The molecule has 1 heterocycles. The van der Waals surface area contributed by atoms with Crippen molar-refractivity contribution in [3.8, 4) is 11.5 Å². The zero-order valence-corrected chi connectivity index (χ0v) is 19.1. The second-order valence-corrected chi connectivity index (χ2v) is 8.34. The third-order valence-corrected chi connectivity index (χ3v) is 4.32. The fraction of sp³-hybridized carbons (Fsp3) is 0.292. The molecule has 2 amide bonds. The van der Waals surface area contributed by atoms with E-state index in [0.717, 1.165) is 6.92 Å². The van der Waals surface area contributed by atoms with E-state index in [1.165, 1.54) is 30.3 Å². The molecule has 0 unspecified atom stereocenters. The summed E-state index contributed by atoms with van der Waals surface area (Å²) in [5.41, 5.74) is 0.134. The number of carbonyl (C=O) groups is 5. The van der Waals surface area contributed by atoms with Crippen LogP contribution >= 0.6 is 0 Å². The van der Waals surface area contributed by atoms with Crippen LogP contribution in [0.2, 0.25) is 0 Å². The standard InChI is InChI=1S/C24H23NO9/c1-14(26)32-19-11-15(12-20(27)34-24(2,3)4)9-10-18(19)33-21(28)13-31-25-22(29)16-7-5-6-8-17(16)23(25)30/h5-11H,12-13H2,1-4H3. The molecule has 0 fully saturated rings. The van der Waals surface area contributed by atoms with Gasteiger partial charge in [0.2, 0.25) is 0 Å². The lowest BCUT2D eigenvalue weighted by molar-refractivity contribution is -0.154. The first kappa shape index (κ1) is 24.6. The number of hydrogen-bond acceptors (Lipinski definition) is 9. The van der Waals surface area contributed by atoms with E-state index in [2.05, 4.69) is 0 Å². The van der Waals surface area contributed by atoms with Gasteiger partial charge in [-0.1, -0.05) is 18.2 Å². The van der Waals surface area contributed by atoms with Gasteiger partial charge in [-0.25, -0.2) is 4.79 Å². The number of hydroxylamine groups is 2. The van der Waals surface area contributed by atoms with Crippen LogP contribution in [-0.4, -0.2) is 47.0 Å². The molecule has 0 saturated heterocycles. The lowest BCUT2D eigenvalue weighted by Crippen LogP contribution is -2.33. The Morgan fingerprint density at radius 3 is 2.03 bits per heavy atom. The first-order valence-corrected chi connectivity index (χ1v) is 10.3. The van der Waals surface area contributed by atoms with Crippen molar-refractivity contribution in [3.05, 3.63) is 59.2 Å². The molecule has 10 heteroatoms. The fourth-order valence-electron chi connectivity index (χ4n) is 3.08. The van der Waals surface area contributed by atoms with Crippen LogP contribution in [0.15, 0.2) is 42.5 Å². The van der Waals surface area contributed by atoms with Gasteiger partial charge in [0.05, 0.1) is 17.5 Å². The van der Waals surface area contributed by atoms with Crippen molar-refractivity contribution < 1.29 is 43.0 Å². The number of benzene rings is 2. The lowest BCUT2D eigenvalue weighted by Gasteiger charge is -2.19. The predicted molar refractivity (Wildman–Crippen MR) is 116 cm³/mol. The van der Waals surface area contributed by atoms with Gasteiger partial charge < -0.3 is 14.2 Å². The SMILES string of the molecule is CC(=O)Oc1cc(CC(=O)OC(C)(C)C)ccc1OC(=O)CON1C(=O)c2ccccc2C1=O. The van der Waals surface area contributed by atoms with Crippen molar-refractivity contribution in [2.45, 2.75) is 39.7 Å². The van der Waals surface area contributed by atoms with Crippen molar-refractivity contribution in [1.82, 2.24) is 5.06 Å². The molecule has 0 aromatic heterocycles. The highest BCUT2D eigenvalue weighted by molar-refractivity contribution is 6.20. The van der Waals surface area contributed by atoms with Gasteiger partial charge in [0.1, 0.15) is 5.60 Å². The van der Waals surface area contributed by atoms with Crippen molar-refractivity contribution in [1.29, 1.82) is 0 Å². The van der Waals surface area contributed by atoms with Crippen LogP contribution in [-0.2, 0) is 30.4 Å². The monoisotopic (exact) mass is 469 g/mol. The Morgan fingerprint density at radius 2 is 1.47 bits per heavy atom. The highest BCUT2D eigenvalue weighted by atomic mass is 16.7. The molecule has 2 aromatic rings. The molecule has 2 aromatic carbocycles. The van der Waals surface area contributed by atoms with E-state index in [4.69, 9.17) is 19.0 Å². The van der Waals surface area contributed by atoms with Gasteiger partial charge in [0.15, 0.2) is 18.1 Å². The van der Waals surface area contributed by atoms with E-state index in [0.29, 0.717) is 10.6 Å². The third kappa shape index (κ3) is 6.04. The maximum atomic E-state index is 12.3. The van der Waals surface area contributed by atoms with Crippen LogP contribution in [0.5, 0.6) is 11.5 Å². The smallest absolute Gasteiger partial charge is 0.340 e. The summed E-state index contributed by atoms with van der Waals surface area (Å²) in [6.07, 6.45) is -0.0946. The maximum absolute atomic E-state index is 12.3. The summed E-state index contributed by atoms with van der Waals surface area (Å²) in [7, 11) is 0. The molecule has 34 heavy (non-hydrogen) atoms. The molecular formula is C24H23NO9. The number of rotatable bonds is 7. The fourth-order valence-corrected chi connectivity index (χ4v) is 3.08. The number of nitrogens with zero attached hydrogens (tertiary/aromatic N) is 1. The van der Waals surface area contributed by atoms with Gasteiger partial charge in [-0.3, -0.25) is 24.0 Å². The van der Waals surface area contributed by atoms with Crippen molar-refractivity contribution >= 4 is 29.7 Å². The molecule has 0 N–H and O–H groups in total. The van der Waals surface area contributed by atoms with Crippen molar-refractivity contribution in [3.63, 3.8) is 0 Å². The molecule has 1 aliphatic heterocycles. The second-order valence-electron chi connectivity index (χ2n) is 8.34. The first-order chi connectivity index (χ1) is 15.9. The van der Waals surface area contributed by atoms with E-state index in [9.17, 15) is 24.0 Å². The number of fused-ring (bicyclic) bond motifs is 1. The number of hydrogen-bond donors (Lipinski definition) is 0. The number of ether oxygens (including phenoxy) is 3. The number of esters is 3. The minimum absolute atomic E-state index is 0.0946. The van der Waals surface area contributed by atoms with E-state index in [1.807, 2.05) is 0 Å². The molecular weight excluding hydrogens is 446 g/mol. The highest BCUT2D eigenvalue weighted by Gasteiger charge is 2.37.